The van der Waals surface area contributed by atoms with Crippen molar-refractivity contribution < 1.29 is 0 Å². The predicted octanol–water partition coefficient (Wildman–Crippen LogP) is 5.34. The molecule has 1 saturated carbocycles. The third kappa shape index (κ3) is 2.43. The van der Waals surface area contributed by atoms with Gasteiger partial charge in [0.2, 0.25) is 0 Å². The molecule has 0 radical (unpaired) electrons. The topological polar surface area (TPSA) is 54.0 Å². The molecule has 2 aromatic carbocycles. The summed E-state index contributed by atoms with van der Waals surface area (Å²) in [6, 6.07) is 13.2. The Balaban J connectivity index is 1.60. The van der Waals surface area contributed by atoms with E-state index in [-0.39, 0.29) is 0 Å². The van der Waals surface area contributed by atoms with Crippen LogP contribution in [0.15, 0.2) is 41.7 Å². The van der Waals surface area contributed by atoms with E-state index in [1.54, 1.807) is 0 Å². The maximum Gasteiger partial charge on any atom is 0.0991 e. The van der Waals surface area contributed by atoms with Gasteiger partial charge in [-0.25, -0.2) is 4.98 Å². The van der Waals surface area contributed by atoms with Gasteiger partial charge in [0.05, 0.1) is 34.7 Å². The Hall–Kier alpha value is -2.93. The zero-order chi connectivity index (χ0) is 17.5. The average molecular weight is 340 g/mol. The number of aliphatic imine (C=N–C) groups is 1. The van der Waals surface area contributed by atoms with Crippen LogP contribution in [-0.2, 0) is 6.42 Å². The van der Waals surface area contributed by atoms with Crippen LogP contribution in [0, 0.1) is 11.3 Å². The fraction of sp³-hybridized carbons (Fsp3) is 0.318. The first kappa shape index (κ1) is 15.3. The molecule has 2 aliphatic rings. The lowest BCUT2D eigenvalue weighted by Gasteiger charge is -2.23. The minimum absolute atomic E-state index is 0.579. The molecule has 0 saturated heterocycles. The molecule has 5 rings (SSSR count). The Kier molecular flexibility index (Phi) is 3.60. The van der Waals surface area contributed by atoms with E-state index in [0.717, 1.165) is 34.3 Å². The maximum absolute atomic E-state index is 9.35. The molecule has 3 aromatic rings. The molecule has 1 aromatic heterocycles. The first-order valence-corrected chi connectivity index (χ1v) is 9.40. The number of benzene rings is 2. The summed E-state index contributed by atoms with van der Waals surface area (Å²) in [7, 11) is 0. The van der Waals surface area contributed by atoms with Gasteiger partial charge < -0.3 is 4.57 Å². The van der Waals surface area contributed by atoms with Gasteiger partial charge in [0.15, 0.2) is 0 Å². The molecular weight excluding hydrogens is 320 g/mol. The number of rotatable bonds is 2. The number of nitrogens with zero attached hydrogens (tertiary/aromatic N) is 4. The van der Waals surface area contributed by atoms with E-state index < -0.39 is 0 Å². The molecule has 0 atom stereocenters. The van der Waals surface area contributed by atoms with E-state index in [9.17, 15) is 5.26 Å². The van der Waals surface area contributed by atoms with Crippen LogP contribution in [0.5, 0.6) is 0 Å². The van der Waals surface area contributed by atoms with E-state index in [1.165, 1.54) is 37.6 Å². The highest BCUT2D eigenvalue weighted by atomic mass is 15.1. The van der Waals surface area contributed by atoms with Gasteiger partial charge in [0.1, 0.15) is 0 Å². The smallest absolute Gasteiger partial charge is 0.0991 e. The predicted molar refractivity (Wildman–Crippen MR) is 104 cm³/mol. The number of aromatic nitrogens is 2. The van der Waals surface area contributed by atoms with Crippen molar-refractivity contribution >= 4 is 22.9 Å². The van der Waals surface area contributed by atoms with Gasteiger partial charge in [-0.3, -0.25) is 4.99 Å². The third-order valence-corrected chi connectivity index (χ3v) is 5.70. The maximum atomic E-state index is 9.35. The van der Waals surface area contributed by atoms with Crippen LogP contribution < -0.4 is 0 Å². The van der Waals surface area contributed by atoms with Crippen molar-refractivity contribution in [1.29, 1.82) is 5.26 Å². The van der Waals surface area contributed by atoms with Crippen molar-refractivity contribution in [2.24, 2.45) is 4.99 Å². The zero-order valence-corrected chi connectivity index (χ0v) is 14.7. The SMILES string of the molecule is N#Cc1cc2c(c(-c3ccc4c(c3)ncn4C3CCCCC3)c1)N=CC2. The van der Waals surface area contributed by atoms with E-state index in [0.29, 0.717) is 11.6 Å². The average Bonchev–Trinajstić information content (AvgIpc) is 3.34. The summed E-state index contributed by atoms with van der Waals surface area (Å²) in [5, 5.41) is 9.35. The van der Waals surface area contributed by atoms with Gasteiger partial charge in [-0.2, -0.15) is 5.26 Å². The Morgan fingerprint density at radius 3 is 2.81 bits per heavy atom. The lowest BCUT2D eigenvalue weighted by molar-refractivity contribution is 0.359. The van der Waals surface area contributed by atoms with E-state index in [1.807, 2.05) is 24.7 Å². The second-order valence-corrected chi connectivity index (χ2v) is 7.31. The summed E-state index contributed by atoms with van der Waals surface area (Å²) in [6.45, 7) is 0. The summed E-state index contributed by atoms with van der Waals surface area (Å²) >= 11 is 0. The van der Waals surface area contributed by atoms with Gasteiger partial charge in [0.25, 0.3) is 0 Å². The quantitative estimate of drug-likeness (QED) is 0.632. The highest BCUT2D eigenvalue weighted by molar-refractivity contribution is 5.91. The van der Waals surface area contributed by atoms with E-state index in [4.69, 9.17) is 0 Å². The summed E-state index contributed by atoms with van der Waals surface area (Å²) in [6.07, 6.45) is 11.2. The molecule has 0 spiro atoms. The number of hydrogen-bond acceptors (Lipinski definition) is 3. The first-order chi connectivity index (χ1) is 12.8. The van der Waals surface area contributed by atoms with Gasteiger partial charge in [0, 0.05) is 24.2 Å². The normalized spacial score (nSPS) is 16.7. The van der Waals surface area contributed by atoms with Gasteiger partial charge in [-0.15, -0.1) is 0 Å². The van der Waals surface area contributed by atoms with Crippen molar-refractivity contribution in [3.8, 4) is 17.2 Å². The largest absolute Gasteiger partial charge is 0.327 e. The lowest BCUT2D eigenvalue weighted by atomic mass is 9.95. The summed E-state index contributed by atoms with van der Waals surface area (Å²) in [5.74, 6) is 0. The number of hydrogen-bond donors (Lipinski definition) is 0. The fourth-order valence-electron chi connectivity index (χ4n) is 4.37. The molecule has 26 heavy (non-hydrogen) atoms. The van der Waals surface area contributed by atoms with Crippen LogP contribution in [0.25, 0.3) is 22.2 Å². The van der Waals surface area contributed by atoms with Crippen LogP contribution >= 0.6 is 0 Å². The Bertz CT molecular complexity index is 1060. The minimum Gasteiger partial charge on any atom is -0.327 e. The molecule has 0 amide bonds. The molecule has 4 heteroatoms. The van der Waals surface area contributed by atoms with Crippen LogP contribution in [-0.4, -0.2) is 15.8 Å². The number of imidazole rings is 1. The molecule has 128 valence electrons. The van der Waals surface area contributed by atoms with Crippen LogP contribution in [0.2, 0.25) is 0 Å². The molecule has 1 fully saturated rings. The van der Waals surface area contributed by atoms with Crippen LogP contribution in [0.3, 0.4) is 0 Å². The van der Waals surface area contributed by atoms with Crippen molar-refractivity contribution in [3.63, 3.8) is 0 Å². The number of fused-ring (bicyclic) bond motifs is 2. The second kappa shape index (κ2) is 6.10. The molecule has 0 bridgehead atoms. The van der Waals surface area contributed by atoms with Crippen LogP contribution in [0.1, 0.15) is 49.3 Å². The highest BCUT2D eigenvalue weighted by Crippen LogP contribution is 2.39. The summed E-state index contributed by atoms with van der Waals surface area (Å²) < 4.78 is 2.35. The minimum atomic E-state index is 0.579. The Morgan fingerprint density at radius 2 is 1.96 bits per heavy atom. The number of nitriles is 1. The molecule has 4 nitrogen and oxygen atoms in total. The van der Waals surface area contributed by atoms with Gasteiger partial charge >= 0.3 is 0 Å². The van der Waals surface area contributed by atoms with Crippen LogP contribution in [0.4, 0.5) is 5.69 Å². The fourth-order valence-corrected chi connectivity index (χ4v) is 4.37. The molecule has 0 unspecified atom stereocenters. The molecule has 2 heterocycles. The summed E-state index contributed by atoms with van der Waals surface area (Å²) in [4.78, 5) is 9.23. The molecule has 1 aliphatic heterocycles. The van der Waals surface area contributed by atoms with Gasteiger partial charge in [-0.1, -0.05) is 25.3 Å². The first-order valence-electron chi connectivity index (χ1n) is 9.40. The third-order valence-electron chi connectivity index (χ3n) is 5.70. The zero-order valence-electron chi connectivity index (χ0n) is 14.7. The monoisotopic (exact) mass is 340 g/mol. The van der Waals surface area contributed by atoms with Crippen molar-refractivity contribution in [2.75, 3.05) is 0 Å². The van der Waals surface area contributed by atoms with E-state index >= 15 is 0 Å². The Morgan fingerprint density at radius 1 is 1.08 bits per heavy atom. The summed E-state index contributed by atoms with van der Waals surface area (Å²) in [5.41, 5.74) is 7.16. The highest BCUT2D eigenvalue weighted by Gasteiger charge is 2.19. The van der Waals surface area contributed by atoms with Crippen molar-refractivity contribution in [3.05, 3.63) is 47.8 Å². The second-order valence-electron chi connectivity index (χ2n) is 7.31. The van der Waals surface area contributed by atoms with Crippen molar-refractivity contribution in [1.82, 2.24) is 9.55 Å². The van der Waals surface area contributed by atoms with Gasteiger partial charge in [-0.05, 0) is 48.2 Å². The van der Waals surface area contributed by atoms with E-state index in [2.05, 4.69) is 38.8 Å². The Labute approximate surface area is 152 Å². The molecule has 0 N–H and O–H groups in total. The van der Waals surface area contributed by atoms with Crippen molar-refractivity contribution in [2.45, 2.75) is 44.6 Å². The molecule has 1 aliphatic carbocycles. The standard InChI is InChI=1S/C22H20N4/c23-13-15-10-17-8-9-24-22(17)19(11-15)16-6-7-21-20(12-16)25-14-26(21)18-4-2-1-3-5-18/h6-7,9-12,14,18H,1-5,8H2. The lowest BCUT2D eigenvalue weighted by Crippen LogP contribution is -2.11. The molecular formula is C22H20N4.